The first-order valence-corrected chi connectivity index (χ1v) is 11.4. The van der Waals surface area contributed by atoms with Crippen molar-refractivity contribution in [2.24, 2.45) is 10.9 Å². The summed E-state index contributed by atoms with van der Waals surface area (Å²) in [6, 6.07) is 6.64. The van der Waals surface area contributed by atoms with Crippen LogP contribution in [0.5, 0.6) is 0 Å². The molecule has 2 atom stereocenters. The van der Waals surface area contributed by atoms with Crippen LogP contribution in [0.3, 0.4) is 0 Å². The lowest BCUT2D eigenvalue weighted by molar-refractivity contribution is 0.0564. The average molecular weight is 491 g/mol. The Morgan fingerprint density at radius 1 is 1.21 bits per heavy atom. The number of aliphatic imine (C=N–C) groups is 1. The van der Waals surface area contributed by atoms with Crippen LogP contribution in [0.4, 0.5) is 19.3 Å². The topological polar surface area (TPSA) is 102 Å². The van der Waals surface area contributed by atoms with Crippen molar-refractivity contribution >= 4 is 34.6 Å². The zero-order valence-electron chi connectivity index (χ0n) is 18.9. The summed E-state index contributed by atoms with van der Waals surface area (Å²) in [5, 5.41) is 5.62. The summed E-state index contributed by atoms with van der Waals surface area (Å²) in [6.07, 6.45) is 0.293. The van der Waals surface area contributed by atoms with Crippen molar-refractivity contribution < 1.29 is 27.8 Å². The summed E-state index contributed by atoms with van der Waals surface area (Å²) in [4.78, 5) is 32.9. The quantitative estimate of drug-likeness (QED) is 0.672. The zero-order chi connectivity index (χ0) is 24.5. The first kappa shape index (κ1) is 24.1. The van der Waals surface area contributed by atoms with Gasteiger partial charge in [-0.2, -0.15) is 0 Å². The Hall–Kier alpha value is -3.05. The summed E-state index contributed by atoms with van der Waals surface area (Å²) >= 11 is 1.20. The van der Waals surface area contributed by atoms with Gasteiger partial charge in [0.15, 0.2) is 5.17 Å². The molecule has 0 bridgehead atoms. The molecule has 1 aromatic heterocycles. The molecule has 34 heavy (non-hydrogen) atoms. The van der Waals surface area contributed by atoms with Gasteiger partial charge in [-0.1, -0.05) is 11.8 Å². The minimum absolute atomic E-state index is 0.0236. The van der Waals surface area contributed by atoms with Gasteiger partial charge in [-0.3, -0.25) is 15.1 Å². The third-order valence-electron chi connectivity index (χ3n) is 5.28. The smallest absolute Gasteiger partial charge is 0.413 e. The molecule has 1 saturated heterocycles. The molecule has 0 aliphatic carbocycles. The van der Waals surface area contributed by atoms with Gasteiger partial charge in [0.1, 0.15) is 22.9 Å². The van der Waals surface area contributed by atoms with Gasteiger partial charge in [0.25, 0.3) is 5.91 Å². The lowest BCUT2D eigenvalue weighted by atomic mass is 9.87. The third-order valence-corrected chi connectivity index (χ3v) is 6.74. The molecule has 180 valence electrons. The highest BCUT2D eigenvalue weighted by atomic mass is 32.2. The number of benzene rings is 1. The predicted molar refractivity (Wildman–Crippen MR) is 124 cm³/mol. The van der Waals surface area contributed by atoms with Gasteiger partial charge in [0.05, 0.1) is 24.2 Å². The van der Waals surface area contributed by atoms with Crippen molar-refractivity contribution in [1.29, 1.82) is 0 Å². The van der Waals surface area contributed by atoms with Crippen LogP contribution in [-0.4, -0.2) is 47.5 Å². The molecule has 8 nitrogen and oxygen atoms in total. The van der Waals surface area contributed by atoms with E-state index >= 15 is 4.39 Å². The highest BCUT2D eigenvalue weighted by Gasteiger charge is 2.51. The number of rotatable bonds is 3. The van der Waals surface area contributed by atoms with E-state index in [1.54, 1.807) is 26.8 Å². The highest BCUT2D eigenvalue weighted by molar-refractivity contribution is 8.14. The minimum atomic E-state index is -0.856. The van der Waals surface area contributed by atoms with Crippen LogP contribution >= 0.6 is 11.8 Å². The van der Waals surface area contributed by atoms with Gasteiger partial charge >= 0.3 is 6.09 Å². The van der Waals surface area contributed by atoms with E-state index in [1.165, 1.54) is 30.0 Å². The van der Waals surface area contributed by atoms with E-state index in [1.807, 2.05) is 0 Å². The molecule has 0 radical (unpaired) electrons. The number of hydrogen-bond acceptors (Lipinski definition) is 7. The van der Waals surface area contributed by atoms with Crippen molar-refractivity contribution in [3.8, 4) is 0 Å². The molecule has 2 aliphatic rings. The second-order valence-electron chi connectivity index (χ2n) is 8.99. The molecule has 2 amide bonds. The van der Waals surface area contributed by atoms with Gasteiger partial charge < -0.3 is 14.8 Å². The van der Waals surface area contributed by atoms with E-state index in [0.29, 0.717) is 29.6 Å². The third kappa shape index (κ3) is 5.20. The van der Waals surface area contributed by atoms with Gasteiger partial charge in [0, 0.05) is 23.7 Å². The Kier molecular flexibility index (Phi) is 6.59. The maximum Gasteiger partial charge on any atom is 0.413 e. The van der Waals surface area contributed by atoms with Gasteiger partial charge in [-0.25, -0.2) is 18.6 Å². The number of carbonyl (C=O) groups is 2. The van der Waals surface area contributed by atoms with E-state index < -0.39 is 34.0 Å². The van der Waals surface area contributed by atoms with E-state index in [9.17, 15) is 14.0 Å². The molecule has 2 aliphatic heterocycles. The molecule has 2 N–H and O–H groups in total. The number of carbonyl (C=O) groups excluding carboxylic acids is 2. The molecule has 11 heteroatoms. The fourth-order valence-corrected chi connectivity index (χ4v) is 5.09. The average Bonchev–Trinajstić information content (AvgIpc) is 3.18. The number of amides is 2. The van der Waals surface area contributed by atoms with Crippen LogP contribution in [0.2, 0.25) is 0 Å². The van der Waals surface area contributed by atoms with Crippen LogP contribution in [0.1, 0.15) is 36.8 Å². The SMILES string of the molecule is CC(C)(C)OC(=O)NC1=NC[C@H]2COC[C@]2(c2cc(NC(=O)c3ccc(F)cn3)ccc2F)S1. The van der Waals surface area contributed by atoms with Crippen LogP contribution in [0, 0.1) is 17.6 Å². The Morgan fingerprint density at radius 3 is 2.71 bits per heavy atom. The largest absolute Gasteiger partial charge is 0.444 e. The van der Waals surface area contributed by atoms with E-state index in [2.05, 4.69) is 20.6 Å². The first-order valence-electron chi connectivity index (χ1n) is 10.6. The molecule has 0 unspecified atom stereocenters. The number of anilines is 1. The number of thioether (sulfide) groups is 1. The maximum atomic E-state index is 15.1. The molecular formula is C23H24F2N4O4S. The highest BCUT2D eigenvalue weighted by Crippen LogP contribution is 2.51. The van der Waals surface area contributed by atoms with E-state index in [4.69, 9.17) is 9.47 Å². The Balaban J connectivity index is 1.58. The minimum Gasteiger partial charge on any atom is -0.444 e. The number of nitrogens with one attached hydrogen (secondary N) is 2. The van der Waals surface area contributed by atoms with Crippen LogP contribution in [0.25, 0.3) is 0 Å². The summed E-state index contributed by atoms with van der Waals surface area (Å²) in [5.41, 5.74) is 0.00899. The van der Waals surface area contributed by atoms with Crippen LogP contribution in [-0.2, 0) is 14.2 Å². The molecule has 4 rings (SSSR count). The Morgan fingerprint density at radius 2 is 2.00 bits per heavy atom. The predicted octanol–water partition coefficient (Wildman–Crippen LogP) is 4.08. The first-order chi connectivity index (χ1) is 16.1. The van der Waals surface area contributed by atoms with Gasteiger partial charge in [0.2, 0.25) is 0 Å². The van der Waals surface area contributed by atoms with E-state index in [0.717, 1.165) is 12.3 Å². The molecule has 3 heterocycles. The summed E-state index contributed by atoms with van der Waals surface area (Å²) < 4.78 is 38.4. The number of alkyl carbamates (subject to hydrolysis) is 1. The summed E-state index contributed by atoms with van der Waals surface area (Å²) in [6.45, 7) is 6.16. The molecule has 2 aromatic rings. The molecule has 0 spiro atoms. The fraction of sp³-hybridized carbons (Fsp3) is 0.391. The van der Waals surface area contributed by atoms with E-state index in [-0.39, 0.29) is 18.2 Å². The van der Waals surface area contributed by atoms with Crippen LogP contribution in [0.15, 0.2) is 41.5 Å². The maximum absolute atomic E-state index is 15.1. The Bertz CT molecular complexity index is 1140. The lowest BCUT2D eigenvalue weighted by Crippen LogP contribution is -2.43. The lowest BCUT2D eigenvalue weighted by Gasteiger charge is -2.36. The number of aromatic nitrogens is 1. The molecule has 1 fully saturated rings. The second-order valence-corrected chi connectivity index (χ2v) is 10.3. The van der Waals surface area contributed by atoms with Crippen molar-refractivity contribution in [2.45, 2.75) is 31.1 Å². The Labute approximate surface area is 199 Å². The summed E-state index contributed by atoms with van der Waals surface area (Å²) in [5.74, 6) is -1.72. The monoisotopic (exact) mass is 490 g/mol. The normalized spacial score (nSPS) is 21.9. The van der Waals surface area contributed by atoms with Crippen LogP contribution < -0.4 is 10.6 Å². The molecular weight excluding hydrogens is 466 g/mol. The second kappa shape index (κ2) is 9.30. The van der Waals surface area contributed by atoms with Gasteiger partial charge in [-0.05, 0) is 51.1 Å². The zero-order valence-corrected chi connectivity index (χ0v) is 19.7. The summed E-state index contributed by atoms with van der Waals surface area (Å²) in [7, 11) is 0. The number of fused-ring (bicyclic) bond motifs is 1. The molecule has 1 aromatic carbocycles. The van der Waals surface area contributed by atoms with Gasteiger partial charge in [-0.15, -0.1) is 0 Å². The number of amidine groups is 1. The van der Waals surface area contributed by atoms with Crippen molar-refractivity contribution in [1.82, 2.24) is 10.3 Å². The number of pyridine rings is 1. The van der Waals surface area contributed by atoms with Crippen molar-refractivity contribution in [3.63, 3.8) is 0 Å². The van der Waals surface area contributed by atoms with Crippen molar-refractivity contribution in [2.75, 3.05) is 25.1 Å². The number of halogens is 2. The standard InChI is InChI=1S/C23H24F2N4O4S/c1-22(2,3)33-21(31)29-20-27-9-13-11-32-12-23(13,34-20)16-8-15(5-6-17(16)25)28-19(30)18-7-4-14(24)10-26-18/h4-8,10,13H,9,11-12H2,1-3H3,(H,28,30)(H,27,29,31)/t13-,23-/m0/s1. The molecule has 0 saturated carbocycles. The fourth-order valence-electron chi connectivity index (χ4n) is 3.76. The number of ether oxygens (including phenoxy) is 2. The van der Waals surface area contributed by atoms with Crippen molar-refractivity contribution in [3.05, 3.63) is 59.4 Å². The number of hydrogen-bond donors (Lipinski definition) is 2. The number of nitrogens with zero attached hydrogens (tertiary/aromatic N) is 2.